The maximum absolute atomic E-state index is 13.3. The number of hydrogen-bond donors (Lipinski definition) is 3. The molecule has 0 bridgehead atoms. The summed E-state index contributed by atoms with van der Waals surface area (Å²) in [5.41, 5.74) is 13.0. The van der Waals surface area contributed by atoms with Gasteiger partial charge < -0.3 is 20.3 Å². The van der Waals surface area contributed by atoms with E-state index in [9.17, 15) is 25.2 Å². The molecule has 0 saturated carbocycles. The standard InChI is InChI=1S/C28H32N4O4/c1-28(2,3)25(27(36)30-4)31-26(35)23(16-24(33)34)32-15-5-6-22(32)21-13-11-20(12-14-21)19-9-7-18(17-29)8-10-19/h5-15,23,25H,16-17H2,1-4H3,(H,30,36)(H,31,35)(H,33,34)/t23-,25?/m1/s1. The van der Waals surface area contributed by atoms with Gasteiger partial charge in [-0.2, -0.15) is 0 Å². The molecule has 0 saturated heterocycles. The van der Waals surface area contributed by atoms with Crippen molar-refractivity contribution in [3.8, 4) is 22.4 Å². The number of nitrogens with one attached hydrogen (secondary N) is 2. The second kappa shape index (κ2) is 11.2. The molecule has 8 heteroatoms. The van der Waals surface area contributed by atoms with Crippen LogP contribution >= 0.6 is 0 Å². The Morgan fingerprint density at radius 2 is 1.47 bits per heavy atom. The lowest BCUT2D eigenvalue weighted by atomic mass is 9.86. The fraction of sp³-hybridized carbons (Fsp3) is 0.321. The maximum atomic E-state index is 13.3. The maximum Gasteiger partial charge on any atom is 0.306 e. The lowest BCUT2D eigenvalue weighted by Crippen LogP contribution is -2.54. The van der Waals surface area contributed by atoms with Crippen molar-refractivity contribution in [3.63, 3.8) is 0 Å². The summed E-state index contributed by atoms with van der Waals surface area (Å²) in [6, 6.07) is 17.1. The predicted molar refractivity (Wildman–Crippen MR) is 138 cm³/mol. The van der Waals surface area contributed by atoms with Crippen molar-refractivity contribution in [1.82, 2.24) is 20.9 Å². The van der Waals surface area contributed by atoms with E-state index in [2.05, 4.69) is 10.6 Å². The second-order valence-electron chi connectivity index (χ2n) is 9.77. The first-order valence-electron chi connectivity index (χ1n) is 11.8. The Bertz CT molecular complexity index is 1210. The van der Waals surface area contributed by atoms with E-state index in [1.807, 2.05) is 75.4 Å². The van der Waals surface area contributed by atoms with Crippen LogP contribution in [0.15, 0.2) is 66.9 Å². The van der Waals surface area contributed by atoms with Crippen LogP contribution in [0.25, 0.3) is 22.4 Å². The second-order valence-corrected chi connectivity index (χ2v) is 9.77. The first kappa shape index (κ1) is 26.7. The van der Waals surface area contributed by atoms with Gasteiger partial charge in [0.05, 0.1) is 13.0 Å². The fourth-order valence-electron chi connectivity index (χ4n) is 4.09. The Hall–Kier alpha value is -3.91. The van der Waals surface area contributed by atoms with Crippen LogP contribution in [-0.4, -0.2) is 40.5 Å². The number of amides is 2. The molecule has 36 heavy (non-hydrogen) atoms. The van der Waals surface area contributed by atoms with Crippen molar-refractivity contribution in [2.24, 2.45) is 5.41 Å². The minimum Gasteiger partial charge on any atom is -0.481 e. The number of aromatic nitrogens is 1. The van der Waals surface area contributed by atoms with Crippen molar-refractivity contribution in [3.05, 3.63) is 72.4 Å². The van der Waals surface area contributed by atoms with E-state index in [1.54, 1.807) is 16.8 Å². The van der Waals surface area contributed by atoms with Gasteiger partial charge in [-0.15, -0.1) is 5.73 Å². The quantitative estimate of drug-likeness (QED) is 0.425. The van der Waals surface area contributed by atoms with Gasteiger partial charge in [-0.3, -0.25) is 14.4 Å². The molecule has 0 aliphatic heterocycles. The molecule has 8 nitrogen and oxygen atoms in total. The molecule has 2 amide bonds. The third kappa shape index (κ3) is 6.20. The Morgan fingerprint density at radius 1 is 0.917 bits per heavy atom. The van der Waals surface area contributed by atoms with E-state index in [0.717, 1.165) is 22.3 Å². The van der Waals surface area contributed by atoms with Gasteiger partial charge >= 0.3 is 5.97 Å². The Morgan fingerprint density at radius 3 is 1.97 bits per heavy atom. The fourth-order valence-corrected chi connectivity index (χ4v) is 4.09. The molecule has 3 rings (SSSR count). The molecular formula is C28H32N4O4. The van der Waals surface area contributed by atoms with Gasteiger partial charge in [-0.1, -0.05) is 69.3 Å². The number of rotatable bonds is 9. The summed E-state index contributed by atoms with van der Waals surface area (Å²) in [6.07, 6.45) is 1.24. The number of benzene rings is 2. The van der Waals surface area contributed by atoms with Gasteiger partial charge in [0.25, 0.3) is 0 Å². The topological polar surface area (TPSA) is 123 Å². The lowest BCUT2D eigenvalue weighted by molar-refractivity contribution is -0.141. The molecule has 2 radical (unpaired) electrons. The molecule has 2 aromatic carbocycles. The third-order valence-corrected chi connectivity index (χ3v) is 6.10. The van der Waals surface area contributed by atoms with Gasteiger partial charge in [0.2, 0.25) is 11.8 Å². The van der Waals surface area contributed by atoms with Crippen molar-refractivity contribution < 1.29 is 19.5 Å². The lowest BCUT2D eigenvalue weighted by Gasteiger charge is -2.31. The summed E-state index contributed by atoms with van der Waals surface area (Å²) in [7, 11) is 1.50. The van der Waals surface area contributed by atoms with Gasteiger partial charge in [0, 0.05) is 18.9 Å². The highest BCUT2D eigenvalue weighted by atomic mass is 16.4. The van der Waals surface area contributed by atoms with Crippen molar-refractivity contribution >= 4 is 17.8 Å². The molecule has 0 spiro atoms. The third-order valence-electron chi connectivity index (χ3n) is 6.10. The van der Waals surface area contributed by atoms with Crippen LogP contribution in [-0.2, 0) is 20.9 Å². The smallest absolute Gasteiger partial charge is 0.306 e. The van der Waals surface area contributed by atoms with E-state index in [-0.39, 0.29) is 12.5 Å². The van der Waals surface area contributed by atoms with Crippen LogP contribution in [0, 0.1) is 5.41 Å². The number of carbonyl (C=O) groups excluding carboxylic acids is 2. The molecular weight excluding hydrogens is 456 g/mol. The zero-order valence-electron chi connectivity index (χ0n) is 21.0. The van der Waals surface area contributed by atoms with Crippen LogP contribution in [0.3, 0.4) is 0 Å². The van der Waals surface area contributed by atoms with Gasteiger partial charge in [0.1, 0.15) is 12.1 Å². The first-order valence-corrected chi connectivity index (χ1v) is 11.8. The molecule has 3 aromatic rings. The molecule has 188 valence electrons. The molecule has 0 aliphatic rings. The van der Waals surface area contributed by atoms with E-state index >= 15 is 0 Å². The van der Waals surface area contributed by atoms with E-state index in [0.29, 0.717) is 5.69 Å². The zero-order valence-corrected chi connectivity index (χ0v) is 21.0. The Labute approximate surface area is 211 Å². The summed E-state index contributed by atoms with van der Waals surface area (Å²) < 4.78 is 1.64. The number of carbonyl (C=O) groups is 3. The normalized spacial score (nSPS) is 13.0. The average Bonchev–Trinajstić information content (AvgIpc) is 3.34. The summed E-state index contributed by atoms with van der Waals surface area (Å²) >= 11 is 0. The van der Waals surface area contributed by atoms with Gasteiger partial charge in [0.15, 0.2) is 0 Å². The summed E-state index contributed by atoms with van der Waals surface area (Å²) in [4.78, 5) is 37.5. The SMILES string of the molecule is CNC(=O)C(NC(=O)[C@@H](CC(=O)O)n1cccc1-c1ccc(-c2ccc(C[N])cc2)cc1)C(C)(C)C. The monoisotopic (exact) mass is 488 g/mol. The number of nitrogens with zero attached hydrogens (tertiary/aromatic N) is 2. The minimum absolute atomic E-state index is 0.0130. The Balaban J connectivity index is 1.92. The number of hydrogen-bond acceptors (Lipinski definition) is 3. The highest BCUT2D eigenvalue weighted by Crippen LogP contribution is 2.29. The molecule has 1 aromatic heterocycles. The van der Waals surface area contributed by atoms with E-state index in [1.165, 1.54) is 7.05 Å². The number of aliphatic carboxylic acids is 1. The van der Waals surface area contributed by atoms with Crippen LogP contribution in [0.4, 0.5) is 0 Å². The predicted octanol–water partition coefficient (Wildman–Crippen LogP) is 3.68. The number of likely N-dealkylation sites (N-methyl/N-ethyl adjacent to an activating group) is 1. The van der Waals surface area contributed by atoms with Crippen LogP contribution in [0.2, 0.25) is 0 Å². The first-order chi connectivity index (χ1) is 17.0. The largest absolute Gasteiger partial charge is 0.481 e. The van der Waals surface area contributed by atoms with Crippen molar-refractivity contribution in [2.45, 2.75) is 45.8 Å². The molecule has 0 aliphatic carbocycles. The van der Waals surface area contributed by atoms with Crippen LogP contribution in [0.5, 0.6) is 0 Å². The van der Waals surface area contributed by atoms with E-state index < -0.39 is 35.8 Å². The number of carboxylic acids is 1. The van der Waals surface area contributed by atoms with Gasteiger partial charge in [-0.05, 0) is 39.8 Å². The molecule has 0 fully saturated rings. The average molecular weight is 489 g/mol. The highest BCUT2D eigenvalue weighted by molar-refractivity contribution is 5.91. The highest BCUT2D eigenvalue weighted by Gasteiger charge is 2.35. The molecule has 1 heterocycles. The zero-order chi connectivity index (χ0) is 26.5. The minimum atomic E-state index is -1.12. The van der Waals surface area contributed by atoms with Crippen molar-refractivity contribution in [2.75, 3.05) is 7.05 Å². The summed E-state index contributed by atoms with van der Waals surface area (Å²) in [6.45, 7) is 5.49. The van der Waals surface area contributed by atoms with Gasteiger partial charge in [-0.25, -0.2) is 0 Å². The number of carboxylic acid groups (broad SMARTS) is 1. The Kier molecular flexibility index (Phi) is 8.32. The van der Waals surface area contributed by atoms with Crippen molar-refractivity contribution in [1.29, 1.82) is 0 Å². The summed E-state index contributed by atoms with van der Waals surface area (Å²) in [5.74, 6) is -2.01. The van der Waals surface area contributed by atoms with Crippen LogP contribution < -0.4 is 16.4 Å². The van der Waals surface area contributed by atoms with Crippen LogP contribution in [0.1, 0.15) is 38.8 Å². The molecule has 1 unspecified atom stereocenters. The van der Waals surface area contributed by atoms with E-state index in [4.69, 9.17) is 0 Å². The molecule has 2 atom stereocenters. The molecule has 3 N–H and O–H groups in total. The summed E-state index contributed by atoms with van der Waals surface area (Å²) in [5, 5.41) is 14.9.